The topological polar surface area (TPSA) is 114 Å². The Hall–Kier alpha value is -3.89. The number of nitrogens with zero attached hydrogens (tertiary/aromatic N) is 2. The zero-order valence-corrected chi connectivity index (χ0v) is 21.1. The largest absolute Gasteiger partial charge is 0.493 e. The molecule has 1 amide bonds. The molecule has 1 saturated heterocycles. The second-order valence-electron chi connectivity index (χ2n) is 9.29. The van der Waals surface area contributed by atoms with Crippen molar-refractivity contribution in [1.29, 1.82) is 0 Å². The van der Waals surface area contributed by atoms with Gasteiger partial charge in [0.1, 0.15) is 0 Å². The minimum absolute atomic E-state index is 0.0192. The molecule has 0 unspecified atom stereocenters. The number of ether oxygens (including phenoxy) is 1. The minimum atomic E-state index is -4.24. The van der Waals surface area contributed by atoms with Gasteiger partial charge >= 0.3 is 10.1 Å². The average molecular weight is 519 g/mol. The molecule has 0 radical (unpaired) electrons. The van der Waals surface area contributed by atoms with Crippen LogP contribution in [-0.2, 0) is 23.2 Å². The predicted octanol–water partition coefficient (Wildman–Crippen LogP) is 3.85. The van der Waals surface area contributed by atoms with Gasteiger partial charge in [-0.2, -0.15) is 8.42 Å². The van der Waals surface area contributed by atoms with E-state index in [2.05, 4.69) is 38.4 Å². The van der Waals surface area contributed by atoms with Gasteiger partial charge in [-0.1, -0.05) is 12.1 Å². The van der Waals surface area contributed by atoms with Gasteiger partial charge in [-0.15, -0.1) is 0 Å². The third kappa shape index (κ3) is 4.32. The molecular weight excluding hydrogens is 492 g/mol. The smallest absolute Gasteiger partial charge is 0.357 e. The van der Waals surface area contributed by atoms with Crippen molar-refractivity contribution in [2.24, 2.45) is 0 Å². The highest BCUT2D eigenvalue weighted by molar-refractivity contribution is 7.87. The SMILES string of the molecule is COc1cc(-c2cc3cc(CN4CCCC4)ccc3[nH]2)c2c(c1OS(=O)(=O)c1ccccn1)CNC2=O. The van der Waals surface area contributed by atoms with Crippen LogP contribution < -0.4 is 14.2 Å². The maximum Gasteiger partial charge on any atom is 0.357 e. The van der Waals surface area contributed by atoms with Crippen LogP contribution in [0.4, 0.5) is 0 Å². The highest BCUT2D eigenvalue weighted by Gasteiger charge is 2.33. The van der Waals surface area contributed by atoms with Gasteiger partial charge in [0.2, 0.25) is 0 Å². The number of nitrogens with one attached hydrogen (secondary N) is 2. The molecule has 0 aliphatic carbocycles. The van der Waals surface area contributed by atoms with Gasteiger partial charge in [-0.25, -0.2) is 4.98 Å². The molecule has 0 atom stereocenters. The number of hydrogen-bond donors (Lipinski definition) is 2. The van der Waals surface area contributed by atoms with E-state index in [1.54, 1.807) is 18.2 Å². The lowest BCUT2D eigenvalue weighted by Crippen LogP contribution is -2.18. The zero-order chi connectivity index (χ0) is 25.6. The van der Waals surface area contributed by atoms with Crippen molar-refractivity contribution in [1.82, 2.24) is 20.2 Å². The molecule has 9 nitrogen and oxygen atoms in total. The number of methoxy groups -OCH3 is 1. The summed E-state index contributed by atoms with van der Waals surface area (Å²) in [4.78, 5) is 22.7. The van der Waals surface area contributed by atoms with Crippen LogP contribution in [0.5, 0.6) is 11.5 Å². The van der Waals surface area contributed by atoms with Crippen molar-refractivity contribution in [3.63, 3.8) is 0 Å². The van der Waals surface area contributed by atoms with Crippen molar-refractivity contribution in [2.75, 3.05) is 20.2 Å². The second-order valence-corrected chi connectivity index (χ2v) is 10.8. The lowest BCUT2D eigenvalue weighted by atomic mass is 9.98. The molecular formula is C27H26N4O5S. The molecule has 6 rings (SSSR count). The summed E-state index contributed by atoms with van der Waals surface area (Å²) >= 11 is 0. The Morgan fingerprint density at radius 1 is 1.08 bits per heavy atom. The number of likely N-dealkylation sites (tertiary alicyclic amines) is 1. The average Bonchev–Trinajstić information content (AvgIpc) is 3.65. The number of pyridine rings is 1. The van der Waals surface area contributed by atoms with Crippen LogP contribution in [0.1, 0.15) is 34.3 Å². The second kappa shape index (κ2) is 9.20. The first-order valence-electron chi connectivity index (χ1n) is 12.1. The summed E-state index contributed by atoms with van der Waals surface area (Å²) < 4.78 is 36.9. The van der Waals surface area contributed by atoms with Crippen molar-refractivity contribution < 1.29 is 22.1 Å². The van der Waals surface area contributed by atoms with E-state index in [9.17, 15) is 13.2 Å². The van der Waals surface area contributed by atoms with Crippen LogP contribution in [0, 0.1) is 0 Å². The summed E-state index contributed by atoms with van der Waals surface area (Å²) in [6.45, 7) is 3.29. The zero-order valence-electron chi connectivity index (χ0n) is 20.3. The number of aromatic amines is 1. The Labute approximate surface area is 214 Å². The first kappa shape index (κ1) is 23.5. The fourth-order valence-corrected chi connectivity index (χ4v) is 6.03. The molecule has 190 valence electrons. The molecule has 0 spiro atoms. The van der Waals surface area contributed by atoms with Gasteiger partial charge in [0.05, 0.1) is 12.7 Å². The first-order chi connectivity index (χ1) is 17.9. The molecule has 2 aromatic heterocycles. The van der Waals surface area contributed by atoms with E-state index in [0.29, 0.717) is 16.7 Å². The van der Waals surface area contributed by atoms with Crippen LogP contribution in [0.25, 0.3) is 22.2 Å². The molecule has 2 aliphatic rings. The Bertz CT molecular complexity index is 1610. The normalized spacial score (nSPS) is 15.6. The number of benzene rings is 2. The van der Waals surface area contributed by atoms with E-state index in [0.717, 1.165) is 36.2 Å². The van der Waals surface area contributed by atoms with E-state index < -0.39 is 10.1 Å². The summed E-state index contributed by atoms with van der Waals surface area (Å²) in [6, 6.07) is 14.5. The van der Waals surface area contributed by atoms with Gasteiger partial charge in [0.25, 0.3) is 5.91 Å². The van der Waals surface area contributed by atoms with Crippen molar-refractivity contribution in [3.8, 4) is 22.8 Å². The van der Waals surface area contributed by atoms with Gasteiger partial charge in [0.15, 0.2) is 16.5 Å². The number of amides is 1. The highest BCUT2D eigenvalue weighted by atomic mass is 32.2. The molecule has 10 heteroatoms. The molecule has 2 N–H and O–H groups in total. The Kier molecular flexibility index (Phi) is 5.85. The summed E-state index contributed by atoms with van der Waals surface area (Å²) in [5.74, 6) is -0.117. The number of carbonyl (C=O) groups is 1. The molecule has 2 aromatic carbocycles. The summed E-state index contributed by atoms with van der Waals surface area (Å²) in [7, 11) is -2.80. The Morgan fingerprint density at radius 2 is 1.92 bits per heavy atom. The molecule has 0 bridgehead atoms. The van der Waals surface area contributed by atoms with Gasteiger partial charge < -0.3 is 19.2 Å². The van der Waals surface area contributed by atoms with Crippen LogP contribution in [0.3, 0.4) is 0 Å². The van der Waals surface area contributed by atoms with Crippen LogP contribution in [0.2, 0.25) is 0 Å². The maximum absolute atomic E-state index is 12.9. The third-order valence-corrected chi connectivity index (χ3v) is 8.02. The lowest BCUT2D eigenvalue weighted by Gasteiger charge is -2.16. The van der Waals surface area contributed by atoms with Crippen LogP contribution >= 0.6 is 0 Å². The van der Waals surface area contributed by atoms with Crippen LogP contribution in [0.15, 0.2) is 59.8 Å². The van der Waals surface area contributed by atoms with E-state index in [1.807, 2.05) is 6.07 Å². The highest BCUT2D eigenvalue weighted by Crippen LogP contribution is 2.43. The van der Waals surface area contributed by atoms with E-state index >= 15 is 0 Å². The molecule has 2 aliphatic heterocycles. The van der Waals surface area contributed by atoms with Crippen molar-refractivity contribution in [2.45, 2.75) is 31.0 Å². The number of hydrogen-bond acceptors (Lipinski definition) is 7. The first-order valence-corrected chi connectivity index (χ1v) is 13.6. The molecule has 4 heterocycles. The summed E-state index contributed by atoms with van der Waals surface area (Å²) in [5.41, 5.74) is 4.32. The van der Waals surface area contributed by atoms with Gasteiger partial charge in [0, 0.05) is 47.0 Å². The third-order valence-electron chi connectivity index (χ3n) is 6.88. The van der Waals surface area contributed by atoms with E-state index in [-0.39, 0.29) is 29.0 Å². The quantitative estimate of drug-likeness (QED) is 0.357. The number of rotatable bonds is 7. The Morgan fingerprint density at radius 3 is 2.68 bits per heavy atom. The minimum Gasteiger partial charge on any atom is -0.493 e. The Balaban J connectivity index is 1.41. The van der Waals surface area contributed by atoms with Crippen molar-refractivity contribution in [3.05, 3.63) is 71.4 Å². The fourth-order valence-electron chi connectivity index (χ4n) is 5.11. The number of H-pyrrole nitrogens is 1. The summed E-state index contributed by atoms with van der Waals surface area (Å²) in [5, 5.41) is 3.60. The monoisotopic (exact) mass is 518 g/mol. The fraction of sp³-hybridized carbons (Fsp3) is 0.259. The molecule has 1 fully saturated rings. The molecule has 0 saturated carbocycles. The van der Waals surface area contributed by atoms with Gasteiger partial charge in [-0.3, -0.25) is 9.69 Å². The molecule has 37 heavy (non-hydrogen) atoms. The maximum atomic E-state index is 12.9. The summed E-state index contributed by atoms with van der Waals surface area (Å²) in [6.07, 6.45) is 3.86. The van der Waals surface area contributed by atoms with E-state index in [1.165, 1.54) is 37.8 Å². The van der Waals surface area contributed by atoms with E-state index in [4.69, 9.17) is 8.92 Å². The molecule has 4 aromatic rings. The van der Waals surface area contributed by atoms with Crippen molar-refractivity contribution >= 4 is 26.9 Å². The lowest BCUT2D eigenvalue weighted by molar-refractivity contribution is 0.0966. The number of aromatic nitrogens is 2. The van der Waals surface area contributed by atoms with Crippen LogP contribution in [-0.4, -0.2) is 49.4 Å². The number of carbonyl (C=O) groups excluding carboxylic acids is 1. The predicted molar refractivity (Wildman–Crippen MR) is 138 cm³/mol. The van der Waals surface area contributed by atoms with Gasteiger partial charge in [-0.05, 0) is 67.9 Å². The number of fused-ring (bicyclic) bond motifs is 2. The standard InChI is InChI=1S/C27H26N4O5S/c1-35-23-14-19(22-13-18-12-17(7-8-21(18)30-22)16-31-10-4-5-11-31)25-20(15-29-27(25)32)26(23)36-37(33,34)24-6-2-3-9-28-24/h2-3,6-9,12-14,30H,4-5,10-11,15-16H2,1H3,(H,29,32).